The van der Waals surface area contributed by atoms with E-state index in [2.05, 4.69) is 5.32 Å². The number of hydrogen-bond acceptors (Lipinski definition) is 3. The van der Waals surface area contributed by atoms with Crippen LogP contribution in [0.4, 0.5) is 10.1 Å². The van der Waals surface area contributed by atoms with Gasteiger partial charge in [0.25, 0.3) is 5.91 Å². The molecule has 0 aromatic heterocycles. The molecule has 0 radical (unpaired) electrons. The predicted molar refractivity (Wildman–Crippen MR) is 96.5 cm³/mol. The molecule has 2 amide bonds. The molecule has 1 saturated heterocycles. The van der Waals surface area contributed by atoms with Crippen LogP contribution < -0.4 is 5.32 Å². The SMILES string of the molecule is CC(=O)Nc1cccc(C(=O)N2CCO[C@@H](Cc3ccc(F)cc3)C2)c1. The van der Waals surface area contributed by atoms with Crippen molar-refractivity contribution < 1.29 is 18.7 Å². The van der Waals surface area contributed by atoms with Crippen LogP contribution in [0.25, 0.3) is 0 Å². The number of benzene rings is 2. The summed E-state index contributed by atoms with van der Waals surface area (Å²) in [5.41, 5.74) is 2.09. The average molecular weight is 356 g/mol. The van der Waals surface area contributed by atoms with Crippen LogP contribution >= 0.6 is 0 Å². The Morgan fingerprint density at radius 1 is 1.23 bits per heavy atom. The minimum absolute atomic E-state index is 0.0930. The predicted octanol–water partition coefficient (Wildman–Crippen LogP) is 2.87. The van der Waals surface area contributed by atoms with Gasteiger partial charge in [0.05, 0.1) is 12.7 Å². The molecule has 136 valence electrons. The van der Waals surface area contributed by atoms with E-state index in [1.165, 1.54) is 19.1 Å². The van der Waals surface area contributed by atoms with Gasteiger partial charge in [-0.05, 0) is 35.9 Å². The van der Waals surface area contributed by atoms with E-state index in [4.69, 9.17) is 4.74 Å². The van der Waals surface area contributed by atoms with E-state index >= 15 is 0 Å². The second kappa shape index (κ2) is 8.10. The summed E-state index contributed by atoms with van der Waals surface area (Å²) in [7, 11) is 0. The number of ether oxygens (including phenoxy) is 1. The molecule has 0 saturated carbocycles. The van der Waals surface area contributed by atoms with Crippen molar-refractivity contribution in [2.75, 3.05) is 25.0 Å². The lowest BCUT2D eigenvalue weighted by molar-refractivity contribution is -0.114. The van der Waals surface area contributed by atoms with E-state index in [1.807, 2.05) is 0 Å². The summed E-state index contributed by atoms with van der Waals surface area (Å²) in [5.74, 6) is -0.542. The van der Waals surface area contributed by atoms with Crippen molar-refractivity contribution in [1.29, 1.82) is 0 Å². The lowest BCUT2D eigenvalue weighted by Gasteiger charge is -2.33. The summed E-state index contributed by atoms with van der Waals surface area (Å²) < 4.78 is 18.8. The van der Waals surface area contributed by atoms with Crippen molar-refractivity contribution in [2.45, 2.75) is 19.4 Å². The third-order valence-electron chi connectivity index (χ3n) is 4.23. The Labute approximate surface area is 151 Å². The van der Waals surface area contributed by atoms with Gasteiger partial charge in [0.15, 0.2) is 0 Å². The number of rotatable bonds is 4. The summed E-state index contributed by atoms with van der Waals surface area (Å²) in [6.45, 7) is 2.88. The van der Waals surface area contributed by atoms with Gasteiger partial charge in [-0.1, -0.05) is 18.2 Å². The molecule has 0 spiro atoms. The molecular weight excluding hydrogens is 335 g/mol. The van der Waals surface area contributed by atoms with E-state index in [1.54, 1.807) is 41.3 Å². The highest BCUT2D eigenvalue weighted by molar-refractivity contribution is 5.96. The van der Waals surface area contributed by atoms with Gasteiger partial charge in [-0.15, -0.1) is 0 Å². The van der Waals surface area contributed by atoms with Gasteiger partial charge in [-0.3, -0.25) is 9.59 Å². The van der Waals surface area contributed by atoms with Crippen LogP contribution in [0.1, 0.15) is 22.8 Å². The number of hydrogen-bond donors (Lipinski definition) is 1. The van der Waals surface area contributed by atoms with Gasteiger partial charge < -0.3 is 15.0 Å². The molecular formula is C20H21FN2O3. The molecule has 2 aromatic carbocycles. The molecule has 3 rings (SSSR count). The monoisotopic (exact) mass is 356 g/mol. The number of morpholine rings is 1. The van der Waals surface area contributed by atoms with Crippen LogP contribution in [0.3, 0.4) is 0 Å². The average Bonchev–Trinajstić information content (AvgIpc) is 2.63. The normalized spacial score (nSPS) is 17.0. The van der Waals surface area contributed by atoms with Crippen molar-refractivity contribution in [2.24, 2.45) is 0 Å². The van der Waals surface area contributed by atoms with Crippen LogP contribution in [-0.4, -0.2) is 42.5 Å². The van der Waals surface area contributed by atoms with Gasteiger partial charge in [0.2, 0.25) is 5.91 Å². The standard InChI is InChI=1S/C20H21FN2O3/c1-14(24)22-18-4-2-3-16(12-18)20(25)23-9-10-26-19(13-23)11-15-5-7-17(21)8-6-15/h2-8,12,19H,9-11,13H2,1H3,(H,22,24)/t19-/m0/s1. The van der Waals surface area contributed by atoms with E-state index in [0.29, 0.717) is 37.4 Å². The summed E-state index contributed by atoms with van der Waals surface area (Å²) in [4.78, 5) is 25.7. The number of nitrogens with zero attached hydrogens (tertiary/aromatic N) is 1. The molecule has 0 bridgehead atoms. The molecule has 6 heteroatoms. The Balaban J connectivity index is 1.66. The van der Waals surface area contributed by atoms with Gasteiger partial charge in [0.1, 0.15) is 5.82 Å². The fourth-order valence-corrected chi connectivity index (χ4v) is 3.03. The first-order valence-electron chi connectivity index (χ1n) is 8.54. The van der Waals surface area contributed by atoms with Crippen LogP contribution in [0.15, 0.2) is 48.5 Å². The zero-order chi connectivity index (χ0) is 18.5. The quantitative estimate of drug-likeness (QED) is 0.916. The highest BCUT2D eigenvalue weighted by Gasteiger charge is 2.25. The third kappa shape index (κ3) is 4.67. The van der Waals surface area contributed by atoms with Crippen molar-refractivity contribution >= 4 is 17.5 Å². The molecule has 1 fully saturated rings. The van der Waals surface area contributed by atoms with E-state index in [0.717, 1.165) is 5.56 Å². The summed E-state index contributed by atoms with van der Waals surface area (Å²) in [6, 6.07) is 13.2. The van der Waals surface area contributed by atoms with Gasteiger partial charge in [0, 0.05) is 37.7 Å². The van der Waals surface area contributed by atoms with Crippen LogP contribution in [0, 0.1) is 5.82 Å². The zero-order valence-corrected chi connectivity index (χ0v) is 14.6. The molecule has 26 heavy (non-hydrogen) atoms. The summed E-state index contributed by atoms with van der Waals surface area (Å²) >= 11 is 0. The number of halogens is 1. The topological polar surface area (TPSA) is 58.6 Å². The molecule has 1 aliphatic heterocycles. The lowest BCUT2D eigenvalue weighted by Crippen LogP contribution is -2.46. The molecule has 0 aliphatic carbocycles. The molecule has 1 N–H and O–H groups in total. The minimum Gasteiger partial charge on any atom is -0.374 e. The summed E-state index contributed by atoms with van der Waals surface area (Å²) in [5, 5.41) is 2.68. The Kier molecular flexibility index (Phi) is 5.63. The van der Waals surface area contributed by atoms with Crippen LogP contribution in [0.5, 0.6) is 0 Å². The van der Waals surface area contributed by atoms with Crippen molar-refractivity contribution in [3.63, 3.8) is 0 Å². The Morgan fingerprint density at radius 3 is 2.73 bits per heavy atom. The van der Waals surface area contributed by atoms with Crippen LogP contribution in [-0.2, 0) is 16.0 Å². The van der Waals surface area contributed by atoms with Crippen molar-refractivity contribution in [3.8, 4) is 0 Å². The second-order valence-corrected chi connectivity index (χ2v) is 6.34. The highest BCUT2D eigenvalue weighted by atomic mass is 19.1. The molecule has 1 aliphatic rings. The molecule has 5 nitrogen and oxygen atoms in total. The molecule has 0 unspecified atom stereocenters. The summed E-state index contributed by atoms with van der Waals surface area (Å²) in [6.07, 6.45) is 0.493. The fourth-order valence-electron chi connectivity index (χ4n) is 3.03. The van der Waals surface area contributed by atoms with Crippen molar-refractivity contribution in [3.05, 3.63) is 65.5 Å². The highest BCUT2D eigenvalue weighted by Crippen LogP contribution is 2.17. The Hall–Kier alpha value is -2.73. The third-order valence-corrected chi connectivity index (χ3v) is 4.23. The van der Waals surface area contributed by atoms with E-state index < -0.39 is 0 Å². The van der Waals surface area contributed by atoms with Gasteiger partial charge in [-0.2, -0.15) is 0 Å². The minimum atomic E-state index is -0.269. The maximum Gasteiger partial charge on any atom is 0.254 e. The number of carbonyl (C=O) groups is 2. The number of carbonyl (C=O) groups excluding carboxylic acids is 2. The molecule has 1 heterocycles. The maximum absolute atomic E-state index is 13.0. The maximum atomic E-state index is 13.0. The zero-order valence-electron chi connectivity index (χ0n) is 14.6. The van der Waals surface area contributed by atoms with Gasteiger partial charge in [-0.25, -0.2) is 4.39 Å². The lowest BCUT2D eigenvalue weighted by atomic mass is 10.1. The second-order valence-electron chi connectivity index (χ2n) is 6.34. The Bertz CT molecular complexity index is 792. The van der Waals surface area contributed by atoms with Crippen molar-refractivity contribution in [1.82, 2.24) is 4.90 Å². The smallest absolute Gasteiger partial charge is 0.254 e. The van der Waals surface area contributed by atoms with Crippen LogP contribution in [0.2, 0.25) is 0 Å². The first kappa shape index (κ1) is 18.1. The largest absolute Gasteiger partial charge is 0.374 e. The first-order valence-corrected chi connectivity index (χ1v) is 8.54. The van der Waals surface area contributed by atoms with E-state index in [-0.39, 0.29) is 23.7 Å². The number of amides is 2. The number of anilines is 1. The Morgan fingerprint density at radius 2 is 2.00 bits per heavy atom. The first-order chi connectivity index (χ1) is 12.5. The molecule has 2 aromatic rings. The number of nitrogens with one attached hydrogen (secondary N) is 1. The van der Waals surface area contributed by atoms with E-state index in [9.17, 15) is 14.0 Å². The van der Waals surface area contributed by atoms with Gasteiger partial charge >= 0.3 is 0 Å². The fraction of sp³-hybridized carbons (Fsp3) is 0.300. The molecule has 1 atom stereocenters.